The molecule has 4 aromatic rings. The molecule has 23 heteroatoms. The van der Waals surface area contributed by atoms with E-state index in [1.165, 1.54) is 16.8 Å². The molecule has 8 N–H and O–H groups in total. The quantitative estimate of drug-likeness (QED) is 0.0225. The van der Waals surface area contributed by atoms with Crippen LogP contribution in [0.3, 0.4) is 0 Å². The van der Waals surface area contributed by atoms with Crippen LogP contribution < -0.4 is 32.0 Å². The number of ether oxygens (including phenoxy) is 2. The largest absolute Gasteiger partial charge is 0.490 e. The molecule has 0 aliphatic heterocycles. The molecule has 0 bridgehead atoms. The number of nitrogens with one attached hydrogen (secondary N) is 4. The van der Waals surface area contributed by atoms with E-state index < -0.39 is 47.8 Å². The number of carboxylic acid groups (broad SMARTS) is 2. The third-order valence-corrected chi connectivity index (χ3v) is 7.35. The van der Waals surface area contributed by atoms with Gasteiger partial charge in [0.15, 0.2) is 5.82 Å². The second-order valence-corrected chi connectivity index (χ2v) is 13.2. The molecular weight excluding hydrogens is 840 g/mol. The molecule has 0 saturated carbocycles. The van der Waals surface area contributed by atoms with Crippen LogP contribution in [0.15, 0.2) is 83.8 Å². The molecule has 0 radical (unpaired) electrons. The lowest BCUT2D eigenvalue weighted by atomic mass is 10.1. The number of esters is 1. The van der Waals surface area contributed by atoms with Crippen molar-refractivity contribution in [2.75, 3.05) is 11.1 Å². The van der Waals surface area contributed by atoms with Crippen molar-refractivity contribution in [1.29, 1.82) is 5.41 Å². The number of aromatic nitrogens is 2. The molecule has 4 rings (SSSR count). The summed E-state index contributed by atoms with van der Waals surface area (Å²) in [6.07, 6.45) is -9.45. The van der Waals surface area contributed by atoms with Gasteiger partial charge in [0.05, 0.1) is 17.8 Å². The summed E-state index contributed by atoms with van der Waals surface area (Å²) in [4.78, 5) is 73.1. The highest BCUT2D eigenvalue weighted by molar-refractivity contribution is 6.04. The number of halogens is 6. The second-order valence-electron chi connectivity index (χ2n) is 13.2. The van der Waals surface area contributed by atoms with Gasteiger partial charge in [-0.3, -0.25) is 29.7 Å². The van der Waals surface area contributed by atoms with Gasteiger partial charge in [-0.05, 0) is 37.1 Å². The molecule has 0 fully saturated rings. The maximum Gasteiger partial charge on any atom is 0.490 e. The van der Waals surface area contributed by atoms with Gasteiger partial charge in [-0.25, -0.2) is 19.4 Å². The van der Waals surface area contributed by atoms with E-state index in [9.17, 15) is 45.5 Å². The van der Waals surface area contributed by atoms with Gasteiger partial charge in [-0.2, -0.15) is 26.3 Å². The fraction of sp³-hybridized carbons (Fsp3) is 0.282. The molecule has 334 valence electrons. The van der Waals surface area contributed by atoms with Crippen molar-refractivity contribution in [3.8, 4) is 17.0 Å². The first-order valence-electron chi connectivity index (χ1n) is 17.8. The topological polar surface area (TPSA) is 265 Å². The highest BCUT2D eigenvalue weighted by Gasteiger charge is 2.39. The number of hydrogen-bond acceptors (Lipinski definition) is 12. The summed E-state index contributed by atoms with van der Waals surface area (Å²) in [7, 11) is 0. The van der Waals surface area contributed by atoms with E-state index in [1.807, 2.05) is 44.2 Å². The van der Waals surface area contributed by atoms with E-state index in [1.54, 1.807) is 50.2 Å². The molecule has 0 saturated heterocycles. The Hall–Kier alpha value is -7.46. The first kappa shape index (κ1) is 50.7. The summed E-state index contributed by atoms with van der Waals surface area (Å²) in [5.41, 5.74) is 8.61. The molecule has 0 aliphatic carbocycles. The van der Waals surface area contributed by atoms with Gasteiger partial charge in [-0.1, -0.05) is 68.4 Å². The monoisotopic (exact) mass is 881 g/mol. The molecule has 0 spiro atoms. The number of alkyl carbamates (subject to hydrolysis) is 1. The van der Waals surface area contributed by atoms with E-state index in [0.717, 1.165) is 11.1 Å². The van der Waals surface area contributed by atoms with Crippen LogP contribution in [-0.4, -0.2) is 73.9 Å². The predicted octanol–water partition coefficient (Wildman–Crippen LogP) is 5.71. The van der Waals surface area contributed by atoms with Crippen LogP contribution in [0, 0.1) is 11.3 Å². The van der Waals surface area contributed by atoms with E-state index in [-0.39, 0.29) is 49.1 Å². The Morgan fingerprint density at radius 3 is 1.94 bits per heavy atom. The Bertz CT molecular complexity index is 2240. The summed E-state index contributed by atoms with van der Waals surface area (Å²) in [6.45, 7) is 7.02. The second kappa shape index (κ2) is 22.8. The Balaban J connectivity index is 0.000000811. The molecule has 17 nitrogen and oxygen atoms in total. The third-order valence-electron chi connectivity index (χ3n) is 7.35. The number of carbonyl (C=O) groups excluding carboxylic acids is 3. The van der Waals surface area contributed by atoms with Crippen LogP contribution in [0.5, 0.6) is 5.75 Å². The number of carbonyl (C=O) groups is 5. The number of alkyl halides is 6. The van der Waals surface area contributed by atoms with Gasteiger partial charge < -0.3 is 36.1 Å². The van der Waals surface area contributed by atoms with Crippen molar-refractivity contribution in [3.63, 3.8) is 0 Å². The summed E-state index contributed by atoms with van der Waals surface area (Å²) in [5.74, 6) is -6.63. The number of carboxylic acids is 2. The number of benzene rings is 3. The first-order chi connectivity index (χ1) is 28.8. The summed E-state index contributed by atoms with van der Waals surface area (Å²) < 4.78 is 75.4. The first-order valence-corrected chi connectivity index (χ1v) is 17.8. The zero-order chi connectivity index (χ0) is 46.9. The van der Waals surface area contributed by atoms with Crippen LogP contribution in [0.2, 0.25) is 0 Å². The number of hydrogen-bond donors (Lipinski definition) is 7. The lowest BCUT2D eigenvalue weighted by Crippen LogP contribution is -2.35. The lowest BCUT2D eigenvalue weighted by Gasteiger charge is -2.17. The summed E-state index contributed by atoms with van der Waals surface area (Å²) in [5, 5.41) is 30.7. The molecule has 0 atom stereocenters. The number of anilines is 2. The molecule has 3 aromatic carbocycles. The normalized spacial score (nSPS) is 10.9. The minimum absolute atomic E-state index is 0.0764. The number of nitrogen functional groups attached to an aromatic ring is 1. The van der Waals surface area contributed by atoms with Crippen molar-refractivity contribution < 1.29 is 70.0 Å². The highest BCUT2D eigenvalue weighted by atomic mass is 19.4. The molecular formula is C39H41F6N7O10. The number of rotatable bonds is 12. The zero-order valence-electron chi connectivity index (χ0n) is 33.2. The lowest BCUT2D eigenvalue weighted by molar-refractivity contribution is -0.193. The molecule has 1 aromatic heterocycles. The molecule has 62 heavy (non-hydrogen) atoms. The smallest absolute Gasteiger partial charge is 0.475 e. The van der Waals surface area contributed by atoms with Crippen molar-refractivity contribution in [2.45, 2.75) is 65.8 Å². The number of nitrogens with two attached hydrogens (primary N) is 1. The minimum Gasteiger partial charge on any atom is -0.475 e. The Labute approximate surface area is 348 Å². The van der Waals surface area contributed by atoms with Crippen molar-refractivity contribution in [1.82, 2.24) is 20.2 Å². The summed E-state index contributed by atoms with van der Waals surface area (Å²) >= 11 is 0. The van der Waals surface area contributed by atoms with Gasteiger partial charge in [0.25, 0.3) is 5.56 Å². The maximum atomic E-state index is 13.5. The summed E-state index contributed by atoms with van der Waals surface area (Å²) in [6, 6.07) is 20.5. The molecule has 2 amide bonds. The molecule has 1 heterocycles. The number of amidine groups is 1. The van der Waals surface area contributed by atoms with E-state index in [4.69, 9.17) is 40.4 Å². The zero-order valence-corrected chi connectivity index (χ0v) is 33.2. The Kier molecular flexibility index (Phi) is 18.6. The number of aliphatic carboxylic acids is 2. The maximum absolute atomic E-state index is 13.5. The van der Waals surface area contributed by atoms with Gasteiger partial charge in [-0.15, -0.1) is 0 Å². The average molecular weight is 882 g/mol. The predicted molar refractivity (Wildman–Crippen MR) is 210 cm³/mol. The van der Waals surface area contributed by atoms with Crippen molar-refractivity contribution in [3.05, 3.63) is 106 Å². The number of amides is 2. The fourth-order valence-corrected chi connectivity index (χ4v) is 4.43. The molecule has 0 aliphatic rings. The molecule has 0 unspecified atom stereocenters. The van der Waals surface area contributed by atoms with Crippen molar-refractivity contribution in [2.24, 2.45) is 5.92 Å². The van der Waals surface area contributed by atoms with Crippen LogP contribution in [0.4, 0.5) is 42.6 Å². The third kappa shape index (κ3) is 17.4. The fourth-order valence-electron chi connectivity index (χ4n) is 4.43. The van der Waals surface area contributed by atoms with Gasteiger partial charge >= 0.3 is 36.4 Å². The SMILES string of the molecule is CC(C)Nc1ncc(-c2cc(N)cc(OC(=O)C(C)C)c2)n(CC(=O)NCc2ccc(C(=N)NC(=O)OCc3ccccc3)cc2)c1=O.O=C(O)C(F)(F)F.O=C(O)C(F)(F)F. The highest BCUT2D eigenvalue weighted by Crippen LogP contribution is 2.28. The van der Waals surface area contributed by atoms with Crippen LogP contribution in [0.25, 0.3) is 11.3 Å². The van der Waals surface area contributed by atoms with Gasteiger partial charge in [0.1, 0.15) is 24.7 Å². The Morgan fingerprint density at radius 1 is 0.855 bits per heavy atom. The van der Waals surface area contributed by atoms with Gasteiger partial charge in [0.2, 0.25) is 5.91 Å². The average Bonchev–Trinajstić information content (AvgIpc) is 3.17. The van der Waals surface area contributed by atoms with Crippen LogP contribution in [0.1, 0.15) is 44.4 Å². The van der Waals surface area contributed by atoms with Crippen molar-refractivity contribution >= 4 is 47.2 Å². The van der Waals surface area contributed by atoms with E-state index in [0.29, 0.717) is 22.5 Å². The van der Waals surface area contributed by atoms with E-state index >= 15 is 0 Å². The Morgan fingerprint density at radius 2 is 1.42 bits per heavy atom. The number of nitrogens with zero attached hydrogens (tertiary/aromatic N) is 2. The van der Waals surface area contributed by atoms with Crippen LogP contribution >= 0.6 is 0 Å². The standard InChI is InChI=1S/C35H39N7O6.2C2HF3O2/c1-21(2)34(45)48-28-15-26(14-27(36)16-28)29-18-39-32(40-22(3)4)33(44)42(29)19-30(43)38-17-23-10-12-25(13-11-23)31(37)41-35(46)47-20-24-8-6-5-7-9-24;2*3-2(4,5)1(6)7/h5-16,18,21-22H,17,19-20,36H2,1-4H3,(H,38,43)(H,39,40)(H2,37,41,46);2*(H,6,7). The van der Waals surface area contributed by atoms with Crippen LogP contribution in [-0.2, 0) is 43.6 Å². The van der Waals surface area contributed by atoms with Gasteiger partial charge in [0, 0.05) is 35.5 Å². The van der Waals surface area contributed by atoms with E-state index in [2.05, 4.69) is 20.9 Å². The minimum atomic E-state index is -5.08.